The molecular weight excluding hydrogens is 248 g/mol. The van der Waals surface area contributed by atoms with Crippen molar-refractivity contribution in [2.75, 3.05) is 18.8 Å². The van der Waals surface area contributed by atoms with Gasteiger partial charge in [-0.3, -0.25) is 4.79 Å². The zero-order chi connectivity index (χ0) is 14.3. The number of anilines is 1. The van der Waals surface area contributed by atoms with Crippen molar-refractivity contribution in [1.29, 1.82) is 0 Å². The molecule has 3 rings (SSSR count). The minimum absolute atomic E-state index is 0.237. The Labute approximate surface area is 121 Å². The summed E-state index contributed by atoms with van der Waals surface area (Å²) in [4.78, 5) is 15.0. The molecule has 1 amide bonds. The number of nitrogens with zero attached hydrogens (tertiary/aromatic N) is 1. The fourth-order valence-electron chi connectivity index (χ4n) is 3.37. The summed E-state index contributed by atoms with van der Waals surface area (Å²) < 4.78 is 0. The van der Waals surface area contributed by atoms with Crippen LogP contribution >= 0.6 is 0 Å². The number of amides is 1. The maximum atomic E-state index is 12.9. The lowest BCUT2D eigenvalue weighted by atomic mass is 9.93. The molecule has 2 N–H and O–H groups in total. The van der Waals surface area contributed by atoms with Gasteiger partial charge in [-0.05, 0) is 48.8 Å². The van der Waals surface area contributed by atoms with Crippen LogP contribution in [0.25, 0.3) is 0 Å². The first kappa shape index (κ1) is 13.5. The Kier molecular flexibility index (Phi) is 3.23. The zero-order valence-electron chi connectivity index (χ0n) is 12.4. The Hall–Kier alpha value is -1.51. The van der Waals surface area contributed by atoms with Crippen molar-refractivity contribution < 1.29 is 4.79 Å². The standard InChI is InChI=1S/C17H24N2O/c1-12(2)13-7-10-19(11-13)16(20)17(8-9-17)14-3-5-15(18)6-4-14/h3-6,12-13H,7-11,18H2,1-2H3. The van der Waals surface area contributed by atoms with Crippen molar-refractivity contribution in [2.45, 2.75) is 38.5 Å². The largest absolute Gasteiger partial charge is 0.399 e. The Morgan fingerprint density at radius 1 is 1.30 bits per heavy atom. The number of hydrogen-bond donors (Lipinski definition) is 1. The average molecular weight is 272 g/mol. The third-order valence-corrected chi connectivity index (χ3v) is 5.08. The van der Waals surface area contributed by atoms with Crippen LogP contribution in [0.1, 0.15) is 38.7 Å². The molecular formula is C17H24N2O. The van der Waals surface area contributed by atoms with Crippen LogP contribution in [0.15, 0.2) is 24.3 Å². The second-order valence-electron chi connectivity index (χ2n) is 6.75. The highest BCUT2D eigenvalue weighted by Gasteiger charge is 2.53. The molecule has 1 saturated heterocycles. The van der Waals surface area contributed by atoms with Gasteiger partial charge in [0, 0.05) is 18.8 Å². The van der Waals surface area contributed by atoms with Crippen LogP contribution in [0.2, 0.25) is 0 Å². The molecule has 1 atom stereocenters. The van der Waals surface area contributed by atoms with Crippen molar-refractivity contribution in [3.8, 4) is 0 Å². The summed E-state index contributed by atoms with van der Waals surface area (Å²) in [5, 5.41) is 0. The van der Waals surface area contributed by atoms with Gasteiger partial charge in [-0.1, -0.05) is 26.0 Å². The van der Waals surface area contributed by atoms with E-state index < -0.39 is 0 Å². The van der Waals surface area contributed by atoms with Gasteiger partial charge in [0.05, 0.1) is 5.41 Å². The maximum Gasteiger partial charge on any atom is 0.233 e. The molecule has 1 aliphatic heterocycles. The first-order chi connectivity index (χ1) is 9.53. The van der Waals surface area contributed by atoms with E-state index in [0.717, 1.165) is 43.6 Å². The third-order valence-electron chi connectivity index (χ3n) is 5.08. The van der Waals surface area contributed by atoms with Crippen molar-refractivity contribution in [1.82, 2.24) is 4.90 Å². The van der Waals surface area contributed by atoms with Gasteiger partial charge in [0.2, 0.25) is 5.91 Å². The van der Waals surface area contributed by atoms with Crippen molar-refractivity contribution >= 4 is 11.6 Å². The van der Waals surface area contributed by atoms with Crippen molar-refractivity contribution in [2.24, 2.45) is 11.8 Å². The minimum Gasteiger partial charge on any atom is -0.399 e. The molecule has 1 aromatic rings. The van der Waals surface area contributed by atoms with E-state index in [1.165, 1.54) is 0 Å². The Morgan fingerprint density at radius 2 is 1.95 bits per heavy atom. The smallest absolute Gasteiger partial charge is 0.233 e. The number of carbonyl (C=O) groups is 1. The number of rotatable bonds is 3. The normalized spacial score (nSPS) is 24.1. The third kappa shape index (κ3) is 2.19. The average Bonchev–Trinajstić information content (AvgIpc) is 3.08. The van der Waals surface area contributed by atoms with Gasteiger partial charge in [-0.25, -0.2) is 0 Å². The Balaban J connectivity index is 1.76. The van der Waals surface area contributed by atoms with E-state index in [1.54, 1.807) is 0 Å². The van der Waals surface area contributed by atoms with E-state index in [2.05, 4.69) is 18.7 Å². The van der Waals surface area contributed by atoms with E-state index in [4.69, 9.17) is 5.73 Å². The molecule has 1 saturated carbocycles. The van der Waals surface area contributed by atoms with Crippen molar-refractivity contribution in [3.05, 3.63) is 29.8 Å². The number of carbonyl (C=O) groups excluding carboxylic acids is 1. The molecule has 20 heavy (non-hydrogen) atoms. The molecule has 2 fully saturated rings. The summed E-state index contributed by atoms with van der Waals surface area (Å²) in [6.07, 6.45) is 3.12. The number of benzene rings is 1. The molecule has 3 nitrogen and oxygen atoms in total. The summed E-state index contributed by atoms with van der Waals surface area (Å²) in [6, 6.07) is 7.86. The van der Waals surface area contributed by atoms with Gasteiger partial charge in [0.25, 0.3) is 0 Å². The van der Waals surface area contributed by atoms with Gasteiger partial charge >= 0.3 is 0 Å². The molecule has 3 heteroatoms. The van der Waals surface area contributed by atoms with Crippen LogP contribution in [0.4, 0.5) is 5.69 Å². The molecule has 0 aromatic heterocycles. The molecule has 1 aromatic carbocycles. The quantitative estimate of drug-likeness (QED) is 0.860. The van der Waals surface area contributed by atoms with Crippen LogP contribution in [0, 0.1) is 11.8 Å². The highest BCUT2D eigenvalue weighted by Crippen LogP contribution is 2.50. The van der Waals surface area contributed by atoms with E-state index in [-0.39, 0.29) is 5.41 Å². The molecule has 2 aliphatic rings. The first-order valence-corrected chi connectivity index (χ1v) is 7.68. The molecule has 0 spiro atoms. The van der Waals surface area contributed by atoms with Crippen LogP contribution in [-0.4, -0.2) is 23.9 Å². The Morgan fingerprint density at radius 3 is 2.45 bits per heavy atom. The Bertz CT molecular complexity index is 502. The van der Waals surface area contributed by atoms with Gasteiger partial charge in [-0.15, -0.1) is 0 Å². The second kappa shape index (κ2) is 4.80. The van der Waals surface area contributed by atoms with E-state index in [0.29, 0.717) is 17.7 Å². The van der Waals surface area contributed by atoms with Gasteiger partial charge in [0.15, 0.2) is 0 Å². The predicted molar refractivity (Wildman–Crippen MR) is 81.3 cm³/mol. The SMILES string of the molecule is CC(C)C1CCN(C(=O)C2(c3ccc(N)cc3)CC2)C1. The monoisotopic (exact) mass is 272 g/mol. The lowest BCUT2D eigenvalue weighted by Gasteiger charge is -2.24. The highest BCUT2D eigenvalue weighted by molar-refractivity contribution is 5.91. The number of nitrogen functional groups attached to an aromatic ring is 1. The first-order valence-electron chi connectivity index (χ1n) is 7.68. The lowest BCUT2D eigenvalue weighted by Crippen LogP contribution is -2.38. The molecule has 108 valence electrons. The molecule has 0 radical (unpaired) electrons. The molecule has 0 bridgehead atoms. The zero-order valence-corrected chi connectivity index (χ0v) is 12.4. The highest BCUT2D eigenvalue weighted by atomic mass is 16.2. The van der Waals surface area contributed by atoms with Crippen molar-refractivity contribution in [3.63, 3.8) is 0 Å². The van der Waals surface area contributed by atoms with Gasteiger partial charge in [-0.2, -0.15) is 0 Å². The molecule has 1 aliphatic carbocycles. The van der Waals surface area contributed by atoms with E-state index in [9.17, 15) is 4.79 Å². The number of nitrogens with two attached hydrogens (primary N) is 1. The van der Waals surface area contributed by atoms with Crippen LogP contribution in [0.5, 0.6) is 0 Å². The maximum absolute atomic E-state index is 12.9. The lowest BCUT2D eigenvalue weighted by molar-refractivity contribution is -0.133. The summed E-state index contributed by atoms with van der Waals surface area (Å²) in [5.74, 6) is 1.67. The number of likely N-dealkylation sites (tertiary alicyclic amines) is 1. The van der Waals surface area contributed by atoms with Gasteiger partial charge < -0.3 is 10.6 Å². The summed E-state index contributed by atoms with van der Waals surface area (Å²) in [7, 11) is 0. The summed E-state index contributed by atoms with van der Waals surface area (Å²) >= 11 is 0. The van der Waals surface area contributed by atoms with Gasteiger partial charge in [0.1, 0.15) is 0 Å². The minimum atomic E-state index is -0.237. The molecule has 1 unspecified atom stereocenters. The summed E-state index contributed by atoms with van der Waals surface area (Å²) in [6.45, 7) is 6.38. The fraction of sp³-hybridized carbons (Fsp3) is 0.588. The second-order valence-corrected chi connectivity index (χ2v) is 6.75. The van der Waals surface area contributed by atoms with E-state index in [1.807, 2.05) is 24.3 Å². The van der Waals surface area contributed by atoms with Crippen LogP contribution in [-0.2, 0) is 10.2 Å². The topological polar surface area (TPSA) is 46.3 Å². The summed E-state index contributed by atoms with van der Waals surface area (Å²) in [5.41, 5.74) is 7.41. The molecule has 1 heterocycles. The number of hydrogen-bond acceptors (Lipinski definition) is 2. The fourth-order valence-corrected chi connectivity index (χ4v) is 3.37. The predicted octanol–water partition coefficient (Wildman–Crippen LogP) is 2.80. The van der Waals surface area contributed by atoms with Crippen LogP contribution < -0.4 is 5.73 Å². The van der Waals surface area contributed by atoms with E-state index >= 15 is 0 Å². The van der Waals surface area contributed by atoms with Crippen LogP contribution in [0.3, 0.4) is 0 Å².